The van der Waals surface area contributed by atoms with Gasteiger partial charge in [0.15, 0.2) is 0 Å². The number of rotatable bonds is 4. The SMILES string of the molecule is O=C(NCc1cccc(C(=O)N2CCCC2)c1)c1cc2cc(Cl)ccc2[nH]1. The monoisotopic (exact) mass is 381 g/mol. The fraction of sp³-hybridized carbons (Fsp3) is 0.238. The van der Waals surface area contributed by atoms with Gasteiger partial charge in [0, 0.05) is 41.1 Å². The summed E-state index contributed by atoms with van der Waals surface area (Å²) in [6, 6.07) is 14.7. The number of nitrogens with zero attached hydrogens (tertiary/aromatic N) is 1. The van der Waals surface area contributed by atoms with Crippen LogP contribution in [0.3, 0.4) is 0 Å². The van der Waals surface area contributed by atoms with E-state index in [9.17, 15) is 9.59 Å². The number of nitrogens with one attached hydrogen (secondary N) is 2. The van der Waals surface area contributed by atoms with Gasteiger partial charge in [0.2, 0.25) is 0 Å². The molecule has 2 heterocycles. The lowest BCUT2D eigenvalue weighted by molar-refractivity contribution is 0.0792. The molecule has 5 nitrogen and oxygen atoms in total. The minimum atomic E-state index is -0.196. The quantitative estimate of drug-likeness (QED) is 0.717. The summed E-state index contributed by atoms with van der Waals surface area (Å²) in [6.45, 7) is 2.00. The predicted molar refractivity (Wildman–Crippen MR) is 106 cm³/mol. The largest absolute Gasteiger partial charge is 0.351 e. The van der Waals surface area contributed by atoms with E-state index < -0.39 is 0 Å². The van der Waals surface area contributed by atoms with E-state index in [-0.39, 0.29) is 11.8 Å². The number of H-pyrrole nitrogens is 1. The van der Waals surface area contributed by atoms with Crippen molar-refractivity contribution < 1.29 is 9.59 Å². The third kappa shape index (κ3) is 3.83. The molecule has 1 aliphatic rings. The van der Waals surface area contributed by atoms with E-state index in [0.717, 1.165) is 42.4 Å². The van der Waals surface area contributed by atoms with Gasteiger partial charge in [-0.1, -0.05) is 23.7 Å². The number of carbonyl (C=O) groups excluding carboxylic acids is 2. The molecule has 6 heteroatoms. The van der Waals surface area contributed by atoms with Crippen molar-refractivity contribution in [1.29, 1.82) is 0 Å². The van der Waals surface area contributed by atoms with Crippen LogP contribution in [0.15, 0.2) is 48.5 Å². The third-order valence-electron chi connectivity index (χ3n) is 4.85. The molecular weight excluding hydrogens is 362 g/mol. The maximum Gasteiger partial charge on any atom is 0.267 e. The average molecular weight is 382 g/mol. The van der Waals surface area contributed by atoms with Crippen LogP contribution >= 0.6 is 11.6 Å². The summed E-state index contributed by atoms with van der Waals surface area (Å²) in [7, 11) is 0. The molecule has 0 saturated carbocycles. The number of carbonyl (C=O) groups is 2. The molecule has 0 spiro atoms. The molecule has 2 aromatic carbocycles. The number of hydrogen-bond acceptors (Lipinski definition) is 2. The van der Waals surface area contributed by atoms with Gasteiger partial charge in [-0.15, -0.1) is 0 Å². The molecular formula is C21H20ClN3O2. The number of aromatic nitrogens is 1. The summed E-state index contributed by atoms with van der Waals surface area (Å²) in [6.07, 6.45) is 2.13. The second kappa shape index (κ2) is 7.45. The van der Waals surface area contributed by atoms with Crippen LogP contribution < -0.4 is 5.32 Å². The molecule has 1 saturated heterocycles. The van der Waals surface area contributed by atoms with E-state index in [1.165, 1.54) is 0 Å². The van der Waals surface area contributed by atoms with Crippen LogP contribution in [0, 0.1) is 0 Å². The first kappa shape index (κ1) is 17.6. The number of aromatic amines is 1. The number of hydrogen-bond donors (Lipinski definition) is 2. The van der Waals surface area contributed by atoms with Crippen molar-refractivity contribution in [3.63, 3.8) is 0 Å². The van der Waals surface area contributed by atoms with Gasteiger partial charge in [0.05, 0.1) is 0 Å². The van der Waals surface area contributed by atoms with E-state index in [1.54, 1.807) is 12.1 Å². The van der Waals surface area contributed by atoms with Gasteiger partial charge in [-0.25, -0.2) is 0 Å². The van der Waals surface area contributed by atoms with Crippen molar-refractivity contribution in [2.45, 2.75) is 19.4 Å². The normalized spacial score (nSPS) is 13.9. The number of likely N-dealkylation sites (tertiary alicyclic amines) is 1. The van der Waals surface area contributed by atoms with Crippen LogP contribution in [0.5, 0.6) is 0 Å². The smallest absolute Gasteiger partial charge is 0.267 e. The number of benzene rings is 2. The molecule has 4 rings (SSSR count). The summed E-state index contributed by atoms with van der Waals surface area (Å²) in [5, 5.41) is 4.43. The highest BCUT2D eigenvalue weighted by Crippen LogP contribution is 2.20. The lowest BCUT2D eigenvalue weighted by Gasteiger charge is -2.15. The van der Waals surface area contributed by atoms with Gasteiger partial charge in [0.25, 0.3) is 11.8 Å². The summed E-state index contributed by atoms with van der Waals surface area (Å²) >= 11 is 5.99. The number of fused-ring (bicyclic) bond motifs is 1. The minimum Gasteiger partial charge on any atom is -0.351 e. The van der Waals surface area contributed by atoms with E-state index >= 15 is 0 Å². The zero-order valence-corrected chi connectivity index (χ0v) is 15.6. The Morgan fingerprint density at radius 2 is 1.89 bits per heavy atom. The van der Waals surface area contributed by atoms with E-state index in [4.69, 9.17) is 11.6 Å². The Balaban J connectivity index is 1.43. The fourth-order valence-corrected chi connectivity index (χ4v) is 3.60. The maximum absolute atomic E-state index is 12.5. The Labute approximate surface area is 162 Å². The maximum atomic E-state index is 12.5. The average Bonchev–Trinajstić information content (AvgIpc) is 3.35. The number of halogens is 1. The Kier molecular flexibility index (Phi) is 4.86. The first-order valence-corrected chi connectivity index (χ1v) is 9.43. The van der Waals surface area contributed by atoms with Gasteiger partial charge in [0.1, 0.15) is 5.69 Å². The minimum absolute atomic E-state index is 0.0631. The van der Waals surface area contributed by atoms with Crippen molar-refractivity contribution in [2.75, 3.05) is 13.1 Å². The van der Waals surface area contributed by atoms with Gasteiger partial charge < -0.3 is 15.2 Å². The highest BCUT2D eigenvalue weighted by atomic mass is 35.5. The Hall–Kier alpha value is -2.79. The van der Waals surface area contributed by atoms with E-state index in [0.29, 0.717) is 22.8 Å². The van der Waals surface area contributed by atoms with Crippen LogP contribution in [0.4, 0.5) is 0 Å². The summed E-state index contributed by atoms with van der Waals surface area (Å²) < 4.78 is 0. The third-order valence-corrected chi connectivity index (χ3v) is 5.08. The van der Waals surface area contributed by atoms with Crippen LogP contribution in [-0.4, -0.2) is 34.8 Å². The van der Waals surface area contributed by atoms with Gasteiger partial charge in [-0.05, 0) is 54.8 Å². The molecule has 0 unspecified atom stereocenters. The molecule has 1 fully saturated rings. The van der Waals surface area contributed by atoms with Crippen molar-refractivity contribution in [3.8, 4) is 0 Å². The predicted octanol–water partition coefficient (Wildman–Crippen LogP) is 3.99. The lowest BCUT2D eigenvalue weighted by atomic mass is 10.1. The van der Waals surface area contributed by atoms with Crippen molar-refractivity contribution >= 4 is 34.3 Å². The first-order chi connectivity index (χ1) is 13.1. The molecule has 3 aromatic rings. The zero-order chi connectivity index (χ0) is 18.8. The van der Waals surface area contributed by atoms with Crippen molar-refractivity contribution in [1.82, 2.24) is 15.2 Å². The van der Waals surface area contributed by atoms with E-state index in [2.05, 4.69) is 10.3 Å². The van der Waals surface area contributed by atoms with Crippen molar-refractivity contribution in [2.24, 2.45) is 0 Å². The first-order valence-electron chi connectivity index (χ1n) is 9.05. The molecule has 2 N–H and O–H groups in total. The second-order valence-corrected chi connectivity index (χ2v) is 7.23. The molecule has 2 amide bonds. The molecule has 138 valence electrons. The number of amides is 2. The van der Waals surface area contributed by atoms with Crippen LogP contribution in [-0.2, 0) is 6.54 Å². The molecule has 0 radical (unpaired) electrons. The topological polar surface area (TPSA) is 65.2 Å². The molecule has 1 aliphatic heterocycles. The Morgan fingerprint density at radius 3 is 2.70 bits per heavy atom. The molecule has 0 atom stereocenters. The van der Waals surface area contributed by atoms with Gasteiger partial charge in [-0.3, -0.25) is 9.59 Å². The van der Waals surface area contributed by atoms with E-state index in [1.807, 2.05) is 41.3 Å². The van der Waals surface area contributed by atoms with Gasteiger partial charge in [-0.2, -0.15) is 0 Å². The molecule has 0 aliphatic carbocycles. The summed E-state index contributed by atoms with van der Waals surface area (Å²) in [5.74, 6) is -0.133. The standard InChI is InChI=1S/C21H20ClN3O2/c22-17-6-7-18-16(11-17)12-19(24-18)20(26)23-13-14-4-3-5-15(10-14)21(27)25-8-1-2-9-25/h3-7,10-12,24H,1-2,8-9,13H2,(H,23,26). The Morgan fingerprint density at radius 1 is 1.07 bits per heavy atom. The second-order valence-electron chi connectivity index (χ2n) is 6.80. The zero-order valence-electron chi connectivity index (χ0n) is 14.8. The Bertz CT molecular complexity index is 1010. The molecule has 0 bridgehead atoms. The summed E-state index contributed by atoms with van der Waals surface area (Å²) in [4.78, 5) is 29.9. The van der Waals surface area contributed by atoms with Crippen LogP contribution in [0.2, 0.25) is 5.02 Å². The fourth-order valence-electron chi connectivity index (χ4n) is 3.42. The van der Waals surface area contributed by atoms with Gasteiger partial charge >= 0.3 is 0 Å². The molecule has 1 aromatic heterocycles. The lowest BCUT2D eigenvalue weighted by Crippen LogP contribution is -2.28. The summed E-state index contributed by atoms with van der Waals surface area (Å²) in [5.41, 5.74) is 2.91. The molecule has 27 heavy (non-hydrogen) atoms. The van der Waals surface area contributed by atoms with Crippen LogP contribution in [0.25, 0.3) is 10.9 Å². The highest BCUT2D eigenvalue weighted by molar-refractivity contribution is 6.31. The highest BCUT2D eigenvalue weighted by Gasteiger charge is 2.19. The van der Waals surface area contributed by atoms with Crippen LogP contribution in [0.1, 0.15) is 39.3 Å². The van der Waals surface area contributed by atoms with Crippen molar-refractivity contribution in [3.05, 3.63) is 70.4 Å².